The first-order valence-corrected chi connectivity index (χ1v) is 13.3. The van der Waals surface area contributed by atoms with E-state index in [-0.39, 0.29) is 11.6 Å². The highest BCUT2D eigenvalue weighted by Gasteiger charge is 2.35. The standard InChI is InChI=1S/C32H38N2O4/c1-31(2,3)33-22-25-9-13-26(14-10-25)30(36)38-29-15-11-24(12-16-29)21-28(23-35)34-19-17-32(37,18-20-34)27-7-5-4-6-8-27/h4-16,23,28,33,37H,17-22H2,1-3H3. The highest BCUT2D eigenvalue weighted by molar-refractivity contribution is 5.91. The number of aliphatic hydroxyl groups is 1. The quantitative estimate of drug-likeness (QED) is 0.241. The number of carbonyl (C=O) groups is 2. The average Bonchev–Trinajstić information content (AvgIpc) is 2.92. The molecule has 1 heterocycles. The molecule has 0 radical (unpaired) electrons. The summed E-state index contributed by atoms with van der Waals surface area (Å²) in [5, 5.41) is 14.5. The number of nitrogens with one attached hydrogen (secondary N) is 1. The third-order valence-electron chi connectivity index (χ3n) is 7.15. The molecule has 0 bridgehead atoms. The smallest absolute Gasteiger partial charge is 0.343 e. The van der Waals surface area contributed by atoms with Crippen molar-refractivity contribution in [3.8, 4) is 5.75 Å². The Labute approximate surface area is 225 Å². The second-order valence-electron chi connectivity index (χ2n) is 11.2. The van der Waals surface area contributed by atoms with E-state index >= 15 is 0 Å². The number of aldehydes is 1. The molecule has 6 heteroatoms. The molecular weight excluding hydrogens is 476 g/mol. The van der Waals surface area contributed by atoms with Crippen molar-refractivity contribution in [3.05, 3.63) is 101 Å². The normalized spacial score (nSPS) is 16.5. The largest absolute Gasteiger partial charge is 0.423 e. The maximum absolute atomic E-state index is 12.6. The number of rotatable bonds is 9. The first kappa shape index (κ1) is 27.7. The minimum Gasteiger partial charge on any atom is -0.423 e. The van der Waals surface area contributed by atoms with Crippen LogP contribution in [0.4, 0.5) is 0 Å². The second kappa shape index (κ2) is 12.0. The van der Waals surface area contributed by atoms with Crippen LogP contribution in [0, 0.1) is 0 Å². The second-order valence-corrected chi connectivity index (χ2v) is 11.2. The Morgan fingerprint density at radius 2 is 1.58 bits per heavy atom. The Morgan fingerprint density at radius 1 is 0.974 bits per heavy atom. The summed E-state index contributed by atoms with van der Waals surface area (Å²) in [5.41, 5.74) is 2.69. The molecule has 6 nitrogen and oxygen atoms in total. The highest BCUT2D eigenvalue weighted by atomic mass is 16.5. The Bertz CT molecular complexity index is 1190. The van der Waals surface area contributed by atoms with Crippen LogP contribution in [0.2, 0.25) is 0 Å². The molecule has 0 amide bonds. The Kier molecular flexibility index (Phi) is 8.77. The van der Waals surface area contributed by atoms with Gasteiger partial charge in [-0.3, -0.25) is 4.90 Å². The number of nitrogens with zero attached hydrogens (tertiary/aromatic N) is 1. The van der Waals surface area contributed by atoms with Gasteiger partial charge in [0, 0.05) is 25.2 Å². The van der Waals surface area contributed by atoms with E-state index < -0.39 is 11.6 Å². The van der Waals surface area contributed by atoms with Crippen LogP contribution in [-0.4, -0.2) is 46.9 Å². The zero-order valence-corrected chi connectivity index (χ0v) is 22.5. The predicted molar refractivity (Wildman–Crippen MR) is 149 cm³/mol. The van der Waals surface area contributed by atoms with Crippen molar-refractivity contribution in [2.75, 3.05) is 13.1 Å². The van der Waals surface area contributed by atoms with E-state index in [0.717, 1.165) is 29.5 Å². The molecule has 1 aliphatic heterocycles. The molecule has 2 N–H and O–H groups in total. The fourth-order valence-corrected chi connectivity index (χ4v) is 4.75. The minimum absolute atomic E-state index is 0.0248. The van der Waals surface area contributed by atoms with Crippen LogP contribution in [0.25, 0.3) is 0 Å². The number of benzene rings is 3. The van der Waals surface area contributed by atoms with Gasteiger partial charge in [-0.15, -0.1) is 0 Å². The summed E-state index contributed by atoms with van der Waals surface area (Å²) in [6.45, 7) is 8.37. The Balaban J connectivity index is 1.29. The van der Waals surface area contributed by atoms with Crippen LogP contribution in [0.3, 0.4) is 0 Å². The number of likely N-dealkylation sites (tertiary alicyclic amines) is 1. The van der Waals surface area contributed by atoms with Gasteiger partial charge in [0.2, 0.25) is 0 Å². The van der Waals surface area contributed by atoms with Crippen molar-refractivity contribution < 1.29 is 19.4 Å². The summed E-state index contributed by atoms with van der Waals surface area (Å²) in [6, 6.07) is 24.2. The lowest BCUT2D eigenvalue weighted by atomic mass is 9.84. The molecule has 0 spiro atoms. The first-order valence-electron chi connectivity index (χ1n) is 13.3. The number of ether oxygens (including phenoxy) is 1. The molecule has 200 valence electrons. The van der Waals surface area contributed by atoms with Gasteiger partial charge in [-0.1, -0.05) is 54.6 Å². The SMILES string of the molecule is CC(C)(C)NCc1ccc(C(=O)Oc2ccc(CC(C=O)N3CCC(O)(c4ccccc4)CC3)cc2)cc1. The lowest BCUT2D eigenvalue weighted by Gasteiger charge is -2.40. The number of piperidine rings is 1. The lowest BCUT2D eigenvalue weighted by molar-refractivity contribution is -0.114. The zero-order chi connectivity index (χ0) is 27.2. The molecule has 0 aromatic heterocycles. The summed E-state index contributed by atoms with van der Waals surface area (Å²) in [4.78, 5) is 26.7. The van der Waals surface area contributed by atoms with Gasteiger partial charge < -0.3 is 20.0 Å². The predicted octanol–water partition coefficient (Wildman–Crippen LogP) is 4.89. The van der Waals surface area contributed by atoms with Gasteiger partial charge in [0.1, 0.15) is 12.0 Å². The van der Waals surface area contributed by atoms with E-state index in [1.165, 1.54) is 0 Å². The summed E-state index contributed by atoms with van der Waals surface area (Å²) < 4.78 is 5.56. The minimum atomic E-state index is -0.847. The van der Waals surface area contributed by atoms with Gasteiger partial charge in [-0.25, -0.2) is 4.79 Å². The van der Waals surface area contributed by atoms with Crippen LogP contribution in [0.15, 0.2) is 78.9 Å². The van der Waals surface area contributed by atoms with Crippen molar-refractivity contribution in [1.82, 2.24) is 10.2 Å². The van der Waals surface area contributed by atoms with E-state index in [1.807, 2.05) is 54.6 Å². The van der Waals surface area contributed by atoms with Crippen molar-refractivity contribution in [1.29, 1.82) is 0 Å². The molecule has 1 fully saturated rings. The fraction of sp³-hybridized carbons (Fsp3) is 0.375. The van der Waals surface area contributed by atoms with Gasteiger partial charge in [-0.2, -0.15) is 0 Å². The number of carbonyl (C=O) groups excluding carboxylic acids is 2. The molecule has 4 rings (SSSR count). The van der Waals surface area contributed by atoms with Gasteiger partial charge >= 0.3 is 5.97 Å². The number of esters is 1. The fourth-order valence-electron chi connectivity index (χ4n) is 4.75. The maximum Gasteiger partial charge on any atom is 0.343 e. The van der Waals surface area contributed by atoms with E-state index in [2.05, 4.69) is 31.0 Å². The summed E-state index contributed by atoms with van der Waals surface area (Å²) >= 11 is 0. The van der Waals surface area contributed by atoms with E-state index in [4.69, 9.17) is 4.74 Å². The van der Waals surface area contributed by atoms with Crippen molar-refractivity contribution >= 4 is 12.3 Å². The first-order chi connectivity index (χ1) is 18.1. The topological polar surface area (TPSA) is 78.9 Å². The molecular formula is C32H38N2O4. The third kappa shape index (κ3) is 7.38. The van der Waals surface area contributed by atoms with Crippen LogP contribution in [0.1, 0.15) is 60.7 Å². The van der Waals surface area contributed by atoms with Crippen molar-refractivity contribution in [2.24, 2.45) is 0 Å². The number of hydrogen-bond donors (Lipinski definition) is 2. The third-order valence-corrected chi connectivity index (χ3v) is 7.15. The molecule has 1 saturated heterocycles. The zero-order valence-electron chi connectivity index (χ0n) is 22.5. The van der Waals surface area contributed by atoms with E-state index in [1.54, 1.807) is 24.3 Å². The molecule has 3 aromatic carbocycles. The summed E-state index contributed by atoms with van der Waals surface area (Å²) in [5.74, 6) is 0.0591. The van der Waals surface area contributed by atoms with E-state index in [0.29, 0.717) is 43.7 Å². The van der Waals surface area contributed by atoms with Gasteiger partial charge in [0.25, 0.3) is 0 Å². The molecule has 1 atom stereocenters. The van der Waals surface area contributed by atoms with Crippen LogP contribution >= 0.6 is 0 Å². The van der Waals surface area contributed by atoms with E-state index in [9.17, 15) is 14.7 Å². The number of hydrogen-bond acceptors (Lipinski definition) is 6. The lowest BCUT2D eigenvalue weighted by Crippen LogP contribution is -2.48. The molecule has 38 heavy (non-hydrogen) atoms. The van der Waals surface area contributed by atoms with Crippen LogP contribution < -0.4 is 10.1 Å². The van der Waals surface area contributed by atoms with Crippen LogP contribution in [-0.2, 0) is 23.4 Å². The highest BCUT2D eigenvalue weighted by Crippen LogP contribution is 2.33. The molecule has 1 aliphatic rings. The van der Waals surface area contributed by atoms with Gasteiger partial charge in [0.05, 0.1) is 17.2 Å². The maximum atomic E-state index is 12.6. The van der Waals surface area contributed by atoms with Crippen molar-refractivity contribution in [3.63, 3.8) is 0 Å². The molecule has 3 aromatic rings. The van der Waals surface area contributed by atoms with Gasteiger partial charge in [-0.05, 0) is 81.0 Å². The molecule has 0 saturated carbocycles. The average molecular weight is 515 g/mol. The van der Waals surface area contributed by atoms with Crippen LogP contribution in [0.5, 0.6) is 5.75 Å². The van der Waals surface area contributed by atoms with Crippen molar-refractivity contribution in [2.45, 2.75) is 63.8 Å². The Hall–Kier alpha value is -3.32. The molecule has 0 aliphatic carbocycles. The summed E-state index contributed by atoms with van der Waals surface area (Å²) in [7, 11) is 0. The monoisotopic (exact) mass is 514 g/mol. The Morgan fingerprint density at radius 3 is 2.16 bits per heavy atom. The molecule has 1 unspecified atom stereocenters. The van der Waals surface area contributed by atoms with Gasteiger partial charge in [0.15, 0.2) is 0 Å². The summed E-state index contributed by atoms with van der Waals surface area (Å²) in [6.07, 6.45) is 2.72.